The van der Waals surface area contributed by atoms with Crippen LogP contribution in [0.3, 0.4) is 0 Å². The van der Waals surface area contributed by atoms with Gasteiger partial charge < -0.3 is 15.6 Å². The molecule has 0 spiro atoms. The SMILES string of the molecule is CCCc1c(C(=O)[O-])nnn1-c1nonc1N. The van der Waals surface area contributed by atoms with Gasteiger partial charge in [-0.2, -0.15) is 4.68 Å². The van der Waals surface area contributed by atoms with Crippen LogP contribution in [-0.2, 0) is 6.42 Å². The van der Waals surface area contributed by atoms with Gasteiger partial charge in [0.2, 0.25) is 11.6 Å². The molecule has 2 aromatic rings. The molecule has 0 saturated heterocycles. The van der Waals surface area contributed by atoms with Crippen molar-refractivity contribution in [2.45, 2.75) is 19.8 Å². The summed E-state index contributed by atoms with van der Waals surface area (Å²) >= 11 is 0. The van der Waals surface area contributed by atoms with Crippen LogP contribution < -0.4 is 10.8 Å². The Labute approximate surface area is 95.2 Å². The molecule has 17 heavy (non-hydrogen) atoms. The van der Waals surface area contributed by atoms with Gasteiger partial charge in [-0.05, 0) is 16.7 Å². The van der Waals surface area contributed by atoms with Gasteiger partial charge in [0.05, 0.1) is 11.7 Å². The molecule has 0 atom stereocenters. The van der Waals surface area contributed by atoms with Crippen molar-refractivity contribution in [3.05, 3.63) is 11.4 Å². The van der Waals surface area contributed by atoms with E-state index in [-0.39, 0.29) is 17.3 Å². The molecule has 0 aliphatic carbocycles. The van der Waals surface area contributed by atoms with E-state index in [4.69, 9.17) is 5.73 Å². The minimum Gasteiger partial charge on any atom is -0.543 e. The number of nitrogens with two attached hydrogens (primary N) is 1. The first-order valence-corrected chi connectivity index (χ1v) is 4.89. The predicted molar refractivity (Wildman–Crippen MR) is 52.0 cm³/mol. The molecule has 9 nitrogen and oxygen atoms in total. The summed E-state index contributed by atoms with van der Waals surface area (Å²) in [6.45, 7) is 1.89. The van der Waals surface area contributed by atoms with Crippen LogP contribution in [0.4, 0.5) is 5.82 Å². The summed E-state index contributed by atoms with van der Waals surface area (Å²) in [6, 6.07) is 0. The summed E-state index contributed by atoms with van der Waals surface area (Å²) in [5, 5.41) is 25.0. The number of rotatable bonds is 4. The first kappa shape index (κ1) is 11.0. The van der Waals surface area contributed by atoms with Gasteiger partial charge in [-0.15, -0.1) is 5.10 Å². The molecule has 2 heterocycles. The van der Waals surface area contributed by atoms with Gasteiger partial charge in [0.25, 0.3) is 0 Å². The highest BCUT2D eigenvalue weighted by atomic mass is 16.6. The maximum absolute atomic E-state index is 10.8. The van der Waals surface area contributed by atoms with Crippen LogP contribution in [0.2, 0.25) is 0 Å². The van der Waals surface area contributed by atoms with Gasteiger partial charge in [-0.3, -0.25) is 0 Å². The number of carboxylic acids is 1. The van der Waals surface area contributed by atoms with E-state index in [2.05, 4.69) is 25.3 Å². The number of nitrogen functional groups attached to an aromatic ring is 1. The van der Waals surface area contributed by atoms with E-state index in [9.17, 15) is 9.90 Å². The fraction of sp³-hybridized carbons (Fsp3) is 0.375. The van der Waals surface area contributed by atoms with Gasteiger partial charge in [-0.25, -0.2) is 4.63 Å². The molecule has 2 rings (SSSR count). The maximum atomic E-state index is 10.8. The van der Waals surface area contributed by atoms with Crippen LogP contribution in [0.15, 0.2) is 4.63 Å². The van der Waals surface area contributed by atoms with Gasteiger partial charge in [-0.1, -0.05) is 18.6 Å². The zero-order chi connectivity index (χ0) is 12.4. The van der Waals surface area contributed by atoms with Gasteiger partial charge in [0, 0.05) is 0 Å². The zero-order valence-corrected chi connectivity index (χ0v) is 8.95. The number of anilines is 1. The van der Waals surface area contributed by atoms with Crippen molar-refractivity contribution < 1.29 is 14.5 Å². The van der Waals surface area contributed by atoms with Crippen LogP contribution in [-0.4, -0.2) is 31.3 Å². The highest BCUT2D eigenvalue weighted by Gasteiger charge is 2.19. The average Bonchev–Trinajstić information content (AvgIpc) is 2.85. The second-order valence-corrected chi connectivity index (χ2v) is 3.31. The lowest BCUT2D eigenvalue weighted by Crippen LogP contribution is -2.24. The number of carbonyl (C=O) groups excluding carboxylic acids is 1. The van der Waals surface area contributed by atoms with Crippen LogP contribution in [0.5, 0.6) is 0 Å². The lowest BCUT2D eigenvalue weighted by atomic mass is 10.2. The van der Waals surface area contributed by atoms with Crippen molar-refractivity contribution in [3.63, 3.8) is 0 Å². The van der Waals surface area contributed by atoms with Crippen molar-refractivity contribution in [3.8, 4) is 5.82 Å². The standard InChI is InChI=1S/C8H10N6O3/c1-2-3-4-5(8(15)16)10-13-14(4)7-6(9)11-17-12-7/h2-3H2,1H3,(H2,9,11)(H,15,16)/p-1. The third-order valence-electron chi connectivity index (χ3n) is 2.14. The van der Waals surface area contributed by atoms with E-state index in [1.807, 2.05) is 6.92 Å². The highest BCUT2D eigenvalue weighted by Crippen LogP contribution is 2.16. The zero-order valence-electron chi connectivity index (χ0n) is 8.95. The molecule has 0 aromatic carbocycles. The maximum Gasteiger partial charge on any atom is 0.243 e. The normalized spacial score (nSPS) is 10.6. The molecule has 0 unspecified atom stereocenters. The van der Waals surface area contributed by atoms with Crippen LogP contribution in [0.1, 0.15) is 29.5 Å². The third-order valence-corrected chi connectivity index (χ3v) is 2.14. The molecule has 0 amide bonds. The number of nitrogens with zero attached hydrogens (tertiary/aromatic N) is 5. The van der Waals surface area contributed by atoms with E-state index in [1.165, 1.54) is 4.68 Å². The number of hydrogen-bond acceptors (Lipinski definition) is 8. The lowest BCUT2D eigenvalue weighted by molar-refractivity contribution is -0.255. The summed E-state index contributed by atoms with van der Waals surface area (Å²) in [5.41, 5.74) is 5.63. The Morgan fingerprint density at radius 3 is 2.82 bits per heavy atom. The van der Waals surface area contributed by atoms with E-state index < -0.39 is 5.97 Å². The molecular weight excluding hydrogens is 228 g/mol. The quantitative estimate of drug-likeness (QED) is 0.681. The highest BCUT2D eigenvalue weighted by molar-refractivity contribution is 5.84. The topological polar surface area (TPSA) is 136 Å². The molecule has 2 aromatic heterocycles. The number of hydrogen-bond donors (Lipinski definition) is 1. The summed E-state index contributed by atoms with van der Waals surface area (Å²) in [6.07, 6.45) is 1.15. The Hall–Kier alpha value is -2.45. The Morgan fingerprint density at radius 2 is 2.29 bits per heavy atom. The minimum atomic E-state index is -1.39. The fourth-order valence-electron chi connectivity index (χ4n) is 1.43. The Balaban J connectivity index is 2.55. The van der Waals surface area contributed by atoms with Crippen molar-refractivity contribution in [1.29, 1.82) is 0 Å². The Kier molecular flexibility index (Phi) is 2.73. The lowest BCUT2D eigenvalue weighted by Gasteiger charge is -2.04. The first-order chi connectivity index (χ1) is 8.15. The molecule has 0 aliphatic heterocycles. The molecule has 90 valence electrons. The first-order valence-electron chi connectivity index (χ1n) is 4.89. The number of aromatic nitrogens is 5. The Morgan fingerprint density at radius 1 is 1.53 bits per heavy atom. The monoisotopic (exact) mass is 237 g/mol. The molecule has 0 saturated carbocycles. The summed E-state index contributed by atoms with van der Waals surface area (Å²) in [7, 11) is 0. The van der Waals surface area contributed by atoms with Crippen molar-refractivity contribution >= 4 is 11.8 Å². The van der Waals surface area contributed by atoms with Crippen molar-refractivity contribution in [2.24, 2.45) is 0 Å². The van der Waals surface area contributed by atoms with Crippen LogP contribution in [0, 0.1) is 0 Å². The van der Waals surface area contributed by atoms with Gasteiger partial charge >= 0.3 is 0 Å². The third kappa shape index (κ3) is 1.82. The molecule has 0 radical (unpaired) electrons. The predicted octanol–water partition coefficient (Wildman–Crippen LogP) is -1.45. The van der Waals surface area contributed by atoms with Gasteiger partial charge in [0.1, 0.15) is 5.69 Å². The molecule has 0 bridgehead atoms. The van der Waals surface area contributed by atoms with Crippen LogP contribution >= 0.6 is 0 Å². The average molecular weight is 237 g/mol. The summed E-state index contributed by atoms with van der Waals surface area (Å²) in [4.78, 5) is 10.8. The van der Waals surface area contributed by atoms with E-state index >= 15 is 0 Å². The largest absolute Gasteiger partial charge is 0.543 e. The number of aromatic carboxylic acids is 1. The summed E-state index contributed by atoms with van der Waals surface area (Å²) < 4.78 is 5.62. The van der Waals surface area contributed by atoms with E-state index in [0.29, 0.717) is 18.5 Å². The molecule has 0 fully saturated rings. The molecular formula is C8H9N6O3-. The molecule has 9 heteroatoms. The van der Waals surface area contributed by atoms with E-state index in [1.54, 1.807) is 0 Å². The second-order valence-electron chi connectivity index (χ2n) is 3.31. The second kappa shape index (κ2) is 4.20. The smallest absolute Gasteiger partial charge is 0.243 e. The summed E-state index contributed by atoms with van der Waals surface area (Å²) in [5.74, 6) is -1.26. The van der Waals surface area contributed by atoms with Crippen molar-refractivity contribution in [1.82, 2.24) is 25.3 Å². The van der Waals surface area contributed by atoms with Crippen molar-refractivity contribution in [2.75, 3.05) is 5.73 Å². The Bertz CT molecular complexity index is 545. The van der Waals surface area contributed by atoms with E-state index in [0.717, 1.165) is 0 Å². The molecule has 0 aliphatic rings. The molecule has 2 N–H and O–H groups in total. The van der Waals surface area contributed by atoms with Gasteiger partial charge in [0.15, 0.2) is 0 Å². The number of carboxylic acid groups (broad SMARTS) is 1. The fourth-order valence-corrected chi connectivity index (χ4v) is 1.43. The van der Waals surface area contributed by atoms with Crippen LogP contribution in [0.25, 0.3) is 5.82 Å². The minimum absolute atomic E-state index is 0.0113. The number of carbonyl (C=O) groups is 1.